The molecule has 0 spiro atoms. The number of halogens is 1. The van der Waals surface area contributed by atoms with Gasteiger partial charge in [-0.15, -0.1) is 0 Å². The normalized spacial score (nSPS) is 19.0. The molecular weight excluding hydrogens is 329 g/mol. The second-order valence-corrected chi connectivity index (χ2v) is 7.21. The summed E-state index contributed by atoms with van der Waals surface area (Å²) in [6.07, 6.45) is 9.60. The topological polar surface area (TPSA) is 36.7 Å². The zero-order valence-electron chi connectivity index (χ0n) is 14.7. The molecule has 0 N–H and O–H groups in total. The number of nitrogens with zero attached hydrogens (tertiary/aromatic N) is 5. The minimum absolute atomic E-state index is 0.237. The lowest BCUT2D eigenvalue weighted by atomic mass is 9.91. The maximum Gasteiger partial charge on any atom is 0.180 e. The molecule has 3 aromatic rings. The first-order chi connectivity index (χ1) is 12.8. The fraction of sp³-hybridized carbons (Fsp3) is 0.400. The Bertz CT molecular complexity index is 925. The molecule has 1 saturated heterocycles. The van der Waals surface area contributed by atoms with Gasteiger partial charge in [0.2, 0.25) is 0 Å². The Hall–Kier alpha value is -2.47. The van der Waals surface area contributed by atoms with Gasteiger partial charge in [-0.3, -0.25) is 9.30 Å². The van der Waals surface area contributed by atoms with Crippen LogP contribution in [0.4, 0.5) is 10.2 Å². The Morgan fingerprint density at radius 2 is 1.88 bits per heavy atom. The Kier molecular flexibility index (Phi) is 3.85. The van der Waals surface area contributed by atoms with Crippen LogP contribution in [0.1, 0.15) is 19.3 Å². The van der Waals surface area contributed by atoms with Crippen molar-refractivity contribution in [3.05, 3.63) is 48.7 Å². The van der Waals surface area contributed by atoms with E-state index in [4.69, 9.17) is 0 Å². The Balaban J connectivity index is 1.44. The van der Waals surface area contributed by atoms with E-state index in [1.54, 1.807) is 18.3 Å². The predicted molar refractivity (Wildman–Crippen MR) is 99.8 cm³/mol. The molecule has 0 unspecified atom stereocenters. The molecule has 1 saturated carbocycles. The second-order valence-electron chi connectivity index (χ2n) is 7.21. The van der Waals surface area contributed by atoms with E-state index in [2.05, 4.69) is 19.8 Å². The zero-order chi connectivity index (χ0) is 17.5. The van der Waals surface area contributed by atoms with Gasteiger partial charge in [-0.25, -0.2) is 14.4 Å². The highest BCUT2D eigenvalue weighted by molar-refractivity contribution is 5.71. The van der Waals surface area contributed by atoms with Gasteiger partial charge in [0.05, 0.1) is 11.9 Å². The molecule has 26 heavy (non-hydrogen) atoms. The van der Waals surface area contributed by atoms with Crippen LogP contribution in [0.3, 0.4) is 0 Å². The number of hydrogen-bond acceptors (Lipinski definition) is 4. The van der Waals surface area contributed by atoms with Gasteiger partial charge in [-0.1, -0.05) is 18.6 Å². The molecule has 1 aromatic carbocycles. The van der Waals surface area contributed by atoms with Gasteiger partial charge in [0.15, 0.2) is 11.5 Å². The molecular formula is C20H22FN5. The summed E-state index contributed by atoms with van der Waals surface area (Å²) in [7, 11) is 0. The minimum atomic E-state index is -0.237. The van der Waals surface area contributed by atoms with E-state index < -0.39 is 0 Å². The summed E-state index contributed by atoms with van der Waals surface area (Å²) in [5.41, 5.74) is 2.55. The van der Waals surface area contributed by atoms with Crippen molar-refractivity contribution in [1.82, 2.24) is 19.3 Å². The third kappa shape index (κ3) is 2.65. The predicted octanol–water partition coefficient (Wildman–Crippen LogP) is 3.21. The molecule has 2 aliphatic rings. The molecule has 5 nitrogen and oxygen atoms in total. The summed E-state index contributed by atoms with van der Waals surface area (Å²) in [5.74, 6) is 0.683. The van der Waals surface area contributed by atoms with Crippen molar-refractivity contribution in [1.29, 1.82) is 0 Å². The average Bonchev–Trinajstić information content (AvgIpc) is 3.05. The molecule has 5 rings (SSSR count). The van der Waals surface area contributed by atoms with Crippen molar-refractivity contribution in [2.24, 2.45) is 0 Å². The minimum Gasteiger partial charge on any atom is -0.351 e. The van der Waals surface area contributed by atoms with Crippen LogP contribution in [0.15, 0.2) is 42.9 Å². The van der Waals surface area contributed by atoms with E-state index in [9.17, 15) is 4.39 Å². The average molecular weight is 351 g/mol. The number of aromatic nitrogens is 3. The number of anilines is 1. The molecule has 2 fully saturated rings. The maximum absolute atomic E-state index is 13.6. The number of rotatable bonds is 3. The summed E-state index contributed by atoms with van der Waals surface area (Å²) in [6.45, 7) is 4.13. The number of hydrogen-bond donors (Lipinski definition) is 0. The second kappa shape index (κ2) is 6.36. The molecule has 6 heteroatoms. The zero-order valence-corrected chi connectivity index (χ0v) is 14.7. The van der Waals surface area contributed by atoms with E-state index in [0.717, 1.165) is 54.9 Å². The van der Waals surface area contributed by atoms with Crippen LogP contribution in [0, 0.1) is 5.82 Å². The van der Waals surface area contributed by atoms with Crippen molar-refractivity contribution in [3.63, 3.8) is 0 Å². The lowest BCUT2D eigenvalue weighted by Gasteiger charge is -2.43. The van der Waals surface area contributed by atoms with Crippen LogP contribution in [0.25, 0.3) is 16.9 Å². The van der Waals surface area contributed by atoms with E-state index in [0.29, 0.717) is 0 Å². The molecule has 134 valence electrons. The van der Waals surface area contributed by atoms with Crippen molar-refractivity contribution in [2.45, 2.75) is 25.3 Å². The van der Waals surface area contributed by atoms with Crippen LogP contribution in [-0.2, 0) is 0 Å². The van der Waals surface area contributed by atoms with Gasteiger partial charge in [-0.2, -0.15) is 0 Å². The molecule has 1 aliphatic heterocycles. The number of benzene rings is 1. The highest BCUT2D eigenvalue weighted by atomic mass is 19.1. The third-order valence-corrected chi connectivity index (χ3v) is 5.73. The smallest absolute Gasteiger partial charge is 0.180 e. The SMILES string of the molecule is Fc1cccc(-c2cnc3c(N4CCN(C5CCC5)CC4)nccn23)c1. The Morgan fingerprint density at radius 1 is 1.04 bits per heavy atom. The van der Waals surface area contributed by atoms with E-state index >= 15 is 0 Å². The van der Waals surface area contributed by atoms with Crippen molar-refractivity contribution in [2.75, 3.05) is 31.1 Å². The fourth-order valence-corrected chi connectivity index (χ4v) is 4.04. The number of fused-ring (bicyclic) bond motifs is 1. The van der Waals surface area contributed by atoms with Gasteiger partial charge in [0, 0.05) is 50.2 Å². The van der Waals surface area contributed by atoms with Crippen molar-refractivity contribution >= 4 is 11.5 Å². The molecule has 0 radical (unpaired) electrons. The van der Waals surface area contributed by atoms with Crippen molar-refractivity contribution < 1.29 is 4.39 Å². The van der Waals surface area contributed by atoms with Crippen LogP contribution in [0.2, 0.25) is 0 Å². The molecule has 2 aromatic heterocycles. The molecule has 0 atom stereocenters. The Labute approximate surface area is 152 Å². The first-order valence-electron chi connectivity index (χ1n) is 9.36. The monoisotopic (exact) mass is 351 g/mol. The quantitative estimate of drug-likeness (QED) is 0.726. The fourth-order valence-electron chi connectivity index (χ4n) is 4.04. The first kappa shape index (κ1) is 15.8. The first-order valence-corrected chi connectivity index (χ1v) is 9.36. The molecule has 0 bridgehead atoms. The molecule has 3 heterocycles. The van der Waals surface area contributed by atoms with E-state index in [1.165, 1.54) is 25.3 Å². The highest BCUT2D eigenvalue weighted by Crippen LogP contribution is 2.29. The van der Waals surface area contributed by atoms with Crippen LogP contribution in [0.5, 0.6) is 0 Å². The highest BCUT2D eigenvalue weighted by Gasteiger charge is 2.29. The number of piperazine rings is 1. The summed E-state index contributed by atoms with van der Waals surface area (Å²) in [5, 5.41) is 0. The van der Waals surface area contributed by atoms with Gasteiger partial charge >= 0.3 is 0 Å². The van der Waals surface area contributed by atoms with Gasteiger partial charge in [-0.05, 0) is 25.0 Å². The lowest BCUT2D eigenvalue weighted by molar-refractivity contribution is 0.120. The Morgan fingerprint density at radius 3 is 2.62 bits per heavy atom. The third-order valence-electron chi connectivity index (χ3n) is 5.73. The standard InChI is InChI=1S/C20H22FN5/c21-16-4-1-3-15(13-16)18-14-23-20-19(22-7-8-26(18)20)25-11-9-24(10-12-25)17-5-2-6-17/h1,3-4,7-8,13-14,17H,2,5-6,9-12H2. The number of imidazole rings is 1. The van der Waals surface area contributed by atoms with Crippen molar-refractivity contribution in [3.8, 4) is 11.3 Å². The summed E-state index contributed by atoms with van der Waals surface area (Å²) >= 11 is 0. The molecule has 0 amide bonds. The van der Waals surface area contributed by atoms with E-state index in [1.807, 2.05) is 22.9 Å². The van der Waals surface area contributed by atoms with Gasteiger partial charge in [0.25, 0.3) is 0 Å². The lowest BCUT2D eigenvalue weighted by Crippen LogP contribution is -2.52. The summed E-state index contributed by atoms with van der Waals surface area (Å²) < 4.78 is 15.6. The van der Waals surface area contributed by atoms with Gasteiger partial charge in [0.1, 0.15) is 5.82 Å². The van der Waals surface area contributed by atoms with Crippen LogP contribution < -0.4 is 4.90 Å². The molecule has 1 aliphatic carbocycles. The largest absolute Gasteiger partial charge is 0.351 e. The van der Waals surface area contributed by atoms with Gasteiger partial charge < -0.3 is 4.90 Å². The summed E-state index contributed by atoms with van der Waals surface area (Å²) in [6, 6.07) is 7.44. The van der Waals surface area contributed by atoms with E-state index in [-0.39, 0.29) is 5.82 Å². The van der Waals surface area contributed by atoms with Crippen LogP contribution >= 0.6 is 0 Å². The van der Waals surface area contributed by atoms with Crippen LogP contribution in [-0.4, -0.2) is 51.5 Å². The summed E-state index contributed by atoms with van der Waals surface area (Å²) in [4.78, 5) is 14.2. The maximum atomic E-state index is 13.6.